The third-order valence-corrected chi connectivity index (χ3v) is 3.70. The molecule has 1 aliphatic carbocycles. The van der Waals surface area contributed by atoms with Crippen molar-refractivity contribution in [2.45, 2.75) is 31.9 Å². The average molecular weight is 315 g/mol. The fourth-order valence-corrected chi connectivity index (χ4v) is 2.42. The van der Waals surface area contributed by atoms with Crippen LogP contribution in [0.4, 0.5) is 18.9 Å². The predicted molar refractivity (Wildman–Crippen MR) is 73.6 cm³/mol. The first kappa shape index (κ1) is 16.3. The zero-order valence-corrected chi connectivity index (χ0v) is 12.0. The molecular formula is C15H16F3NO3. The summed E-state index contributed by atoms with van der Waals surface area (Å²) >= 11 is 0. The summed E-state index contributed by atoms with van der Waals surface area (Å²) in [4.78, 5) is 23.3. The number of hydrogen-bond donors (Lipinski definition) is 1. The maximum absolute atomic E-state index is 12.7. The van der Waals surface area contributed by atoms with Gasteiger partial charge in [-0.2, -0.15) is 13.2 Å². The molecular weight excluding hydrogens is 299 g/mol. The number of benzene rings is 1. The van der Waals surface area contributed by atoms with Crippen molar-refractivity contribution >= 4 is 17.4 Å². The van der Waals surface area contributed by atoms with Crippen molar-refractivity contribution in [3.63, 3.8) is 0 Å². The van der Waals surface area contributed by atoms with Crippen LogP contribution in [0.1, 0.15) is 31.2 Å². The van der Waals surface area contributed by atoms with Crippen LogP contribution in [0.15, 0.2) is 18.2 Å². The Hall–Kier alpha value is -2.05. The highest BCUT2D eigenvalue weighted by molar-refractivity contribution is 5.95. The van der Waals surface area contributed by atoms with E-state index in [9.17, 15) is 22.8 Å². The molecule has 2 rings (SSSR count). The molecule has 22 heavy (non-hydrogen) atoms. The van der Waals surface area contributed by atoms with E-state index in [-0.39, 0.29) is 29.0 Å². The molecule has 0 aromatic heterocycles. The van der Waals surface area contributed by atoms with Gasteiger partial charge in [-0.1, -0.05) is 0 Å². The van der Waals surface area contributed by atoms with E-state index in [4.69, 9.17) is 4.74 Å². The summed E-state index contributed by atoms with van der Waals surface area (Å²) in [7, 11) is 1.32. The highest BCUT2D eigenvalue weighted by Gasteiger charge is 2.32. The number of carbonyl (C=O) groups is 2. The van der Waals surface area contributed by atoms with Gasteiger partial charge in [0.25, 0.3) is 0 Å². The number of amides is 1. The average Bonchev–Trinajstić information content (AvgIpc) is 2.46. The van der Waals surface area contributed by atoms with Gasteiger partial charge in [0.15, 0.2) is 0 Å². The van der Waals surface area contributed by atoms with E-state index in [2.05, 4.69) is 5.32 Å². The zero-order chi connectivity index (χ0) is 16.3. The van der Waals surface area contributed by atoms with Crippen LogP contribution < -0.4 is 10.1 Å². The molecule has 7 heteroatoms. The van der Waals surface area contributed by atoms with Gasteiger partial charge in [0, 0.05) is 18.8 Å². The van der Waals surface area contributed by atoms with E-state index in [1.807, 2.05) is 0 Å². The molecule has 0 heterocycles. The number of halogens is 3. The third-order valence-electron chi connectivity index (χ3n) is 3.70. The number of rotatable bonds is 3. The fraction of sp³-hybridized carbons (Fsp3) is 0.467. The number of ketones is 1. The van der Waals surface area contributed by atoms with E-state index in [0.717, 1.165) is 12.1 Å². The maximum atomic E-state index is 12.7. The molecule has 0 saturated heterocycles. The number of nitrogens with one attached hydrogen (secondary N) is 1. The van der Waals surface area contributed by atoms with Crippen molar-refractivity contribution in [1.29, 1.82) is 0 Å². The van der Waals surface area contributed by atoms with Gasteiger partial charge in [0.05, 0.1) is 18.4 Å². The minimum atomic E-state index is -4.50. The number of alkyl halides is 3. The molecule has 1 amide bonds. The van der Waals surface area contributed by atoms with Gasteiger partial charge in [0.1, 0.15) is 11.5 Å². The van der Waals surface area contributed by atoms with E-state index >= 15 is 0 Å². The summed E-state index contributed by atoms with van der Waals surface area (Å²) < 4.78 is 43.2. The first-order valence-electron chi connectivity index (χ1n) is 6.89. The molecule has 0 spiro atoms. The lowest BCUT2D eigenvalue weighted by Gasteiger charge is -2.21. The molecule has 1 fully saturated rings. The Morgan fingerprint density at radius 1 is 1.27 bits per heavy atom. The van der Waals surface area contributed by atoms with E-state index in [0.29, 0.717) is 25.7 Å². The number of methoxy groups -OCH3 is 1. The minimum Gasteiger partial charge on any atom is -0.495 e. The van der Waals surface area contributed by atoms with Crippen molar-refractivity contribution < 1.29 is 27.5 Å². The van der Waals surface area contributed by atoms with Crippen LogP contribution in [0.5, 0.6) is 5.75 Å². The quantitative estimate of drug-likeness (QED) is 0.930. The number of ether oxygens (including phenoxy) is 1. The molecule has 1 N–H and O–H groups in total. The Kier molecular flexibility index (Phi) is 4.73. The second-order valence-electron chi connectivity index (χ2n) is 5.22. The second-order valence-corrected chi connectivity index (χ2v) is 5.22. The molecule has 1 aliphatic rings. The monoisotopic (exact) mass is 315 g/mol. The molecule has 1 aromatic rings. The van der Waals surface area contributed by atoms with Gasteiger partial charge in [-0.05, 0) is 31.0 Å². The van der Waals surface area contributed by atoms with Crippen LogP contribution in [-0.2, 0) is 15.8 Å². The summed E-state index contributed by atoms with van der Waals surface area (Å²) in [6, 6.07) is 2.92. The molecule has 120 valence electrons. The van der Waals surface area contributed by atoms with Crippen molar-refractivity contribution in [3.8, 4) is 5.75 Å². The SMILES string of the molecule is COc1ccc(C(F)(F)F)cc1NC(=O)C1CCC(=O)CC1. The summed E-state index contributed by atoms with van der Waals surface area (Å²) in [6.45, 7) is 0. The van der Waals surface area contributed by atoms with Gasteiger partial charge in [-0.25, -0.2) is 0 Å². The number of Topliss-reactive ketones (excluding diaryl/α,β-unsaturated/α-hetero) is 1. The Bertz CT molecular complexity index is 574. The highest BCUT2D eigenvalue weighted by atomic mass is 19.4. The minimum absolute atomic E-state index is 0.0146. The Morgan fingerprint density at radius 2 is 1.91 bits per heavy atom. The topological polar surface area (TPSA) is 55.4 Å². The molecule has 1 saturated carbocycles. The molecule has 1 aromatic carbocycles. The second kappa shape index (κ2) is 6.37. The van der Waals surface area contributed by atoms with Crippen molar-refractivity contribution in [2.24, 2.45) is 5.92 Å². The van der Waals surface area contributed by atoms with Crippen LogP contribution in [0.2, 0.25) is 0 Å². The highest BCUT2D eigenvalue weighted by Crippen LogP contribution is 2.35. The lowest BCUT2D eigenvalue weighted by Crippen LogP contribution is -2.27. The predicted octanol–water partition coefficient (Wildman–Crippen LogP) is 3.41. The molecule has 4 nitrogen and oxygen atoms in total. The Morgan fingerprint density at radius 3 is 2.45 bits per heavy atom. The molecule has 0 unspecified atom stereocenters. The van der Waals surface area contributed by atoms with Crippen molar-refractivity contribution in [2.75, 3.05) is 12.4 Å². The third kappa shape index (κ3) is 3.78. The van der Waals surface area contributed by atoms with Crippen molar-refractivity contribution in [1.82, 2.24) is 0 Å². The van der Waals surface area contributed by atoms with Crippen LogP contribution in [0.25, 0.3) is 0 Å². The normalized spacial score (nSPS) is 16.5. The summed E-state index contributed by atoms with van der Waals surface area (Å²) in [5.41, 5.74) is -0.873. The molecule has 0 radical (unpaired) electrons. The first-order chi connectivity index (χ1) is 10.3. The lowest BCUT2D eigenvalue weighted by atomic mass is 9.88. The van der Waals surface area contributed by atoms with E-state index in [1.54, 1.807) is 0 Å². The van der Waals surface area contributed by atoms with E-state index in [1.165, 1.54) is 13.2 Å². The largest absolute Gasteiger partial charge is 0.495 e. The maximum Gasteiger partial charge on any atom is 0.416 e. The smallest absolute Gasteiger partial charge is 0.416 e. The standard InChI is InChI=1S/C15H16F3NO3/c1-22-13-7-4-10(15(16,17)18)8-12(13)19-14(21)9-2-5-11(20)6-3-9/h4,7-9H,2-3,5-6H2,1H3,(H,19,21). The molecule has 0 aliphatic heterocycles. The number of carbonyl (C=O) groups excluding carboxylic acids is 2. The summed E-state index contributed by atoms with van der Waals surface area (Å²) in [5, 5.41) is 2.48. The molecule has 0 atom stereocenters. The van der Waals surface area contributed by atoms with Gasteiger partial charge in [0.2, 0.25) is 5.91 Å². The zero-order valence-electron chi connectivity index (χ0n) is 12.0. The Labute approximate surface area is 125 Å². The van der Waals surface area contributed by atoms with Gasteiger partial charge in [-0.3, -0.25) is 9.59 Å². The molecule has 0 bridgehead atoms. The van der Waals surface area contributed by atoms with Gasteiger partial charge in [-0.15, -0.1) is 0 Å². The van der Waals surface area contributed by atoms with Crippen molar-refractivity contribution in [3.05, 3.63) is 23.8 Å². The summed E-state index contributed by atoms with van der Waals surface area (Å²) in [6.07, 6.45) is -2.99. The van der Waals surface area contributed by atoms with Gasteiger partial charge < -0.3 is 10.1 Å². The fourth-order valence-electron chi connectivity index (χ4n) is 2.42. The van der Waals surface area contributed by atoms with Crippen LogP contribution >= 0.6 is 0 Å². The van der Waals surface area contributed by atoms with Crippen LogP contribution in [0, 0.1) is 5.92 Å². The van der Waals surface area contributed by atoms with Crippen LogP contribution in [-0.4, -0.2) is 18.8 Å². The van der Waals surface area contributed by atoms with Gasteiger partial charge >= 0.3 is 6.18 Å². The van der Waals surface area contributed by atoms with E-state index < -0.39 is 11.7 Å². The first-order valence-corrected chi connectivity index (χ1v) is 6.89. The summed E-state index contributed by atoms with van der Waals surface area (Å²) in [5.74, 6) is -0.476. The Balaban J connectivity index is 2.16. The number of hydrogen-bond acceptors (Lipinski definition) is 3. The number of anilines is 1. The lowest BCUT2D eigenvalue weighted by molar-refractivity contribution is -0.137. The van der Waals surface area contributed by atoms with Crippen LogP contribution in [0.3, 0.4) is 0 Å².